The molecular weight excluding hydrogens is 296 g/mol. The predicted molar refractivity (Wildman–Crippen MR) is 82.0 cm³/mol. The van der Waals surface area contributed by atoms with Crippen molar-refractivity contribution in [2.45, 2.75) is 25.3 Å². The van der Waals surface area contributed by atoms with E-state index in [-0.39, 0.29) is 18.0 Å². The number of amides is 1. The van der Waals surface area contributed by atoms with Gasteiger partial charge in [-0.2, -0.15) is 4.98 Å². The second kappa shape index (κ2) is 5.35. The van der Waals surface area contributed by atoms with Crippen LogP contribution < -0.4 is 10.9 Å². The van der Waals surface area contributed by atoms with E-state index in [0.717, 1.165) is 12.8 Å². The number of pyridine rings is 1. The molecule has 0 radical (unpaired) electrons. The van der Waals surface area contributed by atoms with Gasteiger partial charge in [0.25, 0.3) is 11.5 Å². The monoisotopic (exact) mass is 310 g/mol. The first-order valence-electron chi connectivity index (χ1n) is 7.43. The van der Waals surface area contributed by atoms with Crippen LogP contribution in [-0.4, -0.2) is 21.0 Å². The van der Waals surface area contributed by atoms with Gasteiger partial charge in [-0.25, -0.2) is 0 Å². The van der Waals surface area contributed by atoms with Gasteiger partial charge in [0.1, 0.15) is 0 Å². The molecule has 2 N–H and O–H groups in total. The summed E-state index contributed by atoms with van der Waals surface area (Å²) in [4.78, 5) is 31.0. The van der Waals surface area contributed by atoms with Crippen LogP contribution in [0.2, 0.25) is 0 Å². The van der Waals surface area contributed by atoms with Crippen LogP contribution in [0, 0.1) is 0 Å². The molecule has 2 aromatic heterocycles. The number of carbonyl (C=O) groups is 1. The first-order chi connectivity index (χ1) is 11.2. The third kappa shape index (κ3) is 2.61. The summed E-state index contributed by atoms with van der Waals surface area (Å²) >= 11 is 0. The second-order valence-corrected chi connectivity index (χ2v) is 5.58. The molecule has 23 heavy (non-hydrogen) atoms. The number of nitrogens with zero attached hydrogens (tertiary/aromatic N) is 2. The summed E-state index contributed by atoms with van der Waals surface area (Å²) < 4.78 is 5.15. The maximum atomic E-state index is 12.4. The highest BCUT2D eigenvalue weighted by atomic mass is 16.5. The van der Waals surface area contributed by atoms with Crippen molar-refractivity contribution in [3.05, 3.63) is 58.1 Å². The Balaban J connectivity index is 1.54. The van der Waals surface area contributed by atoms with E-state index >= 15 is 0 Å². The Kier molecular flexibility index (Phi) is 3.18. The zero-order chi connectivity index (χ0) is 15.8. The number of hydrogen-bond donors (Lipinski definition) is 2. The molecule has 0 unspecified atom stereocenters. The third-order valence-electron chi connectivity index (χ3n) is 3.87. The van der Waals surface area contributed by atoms with Crippen LogP contribution in [0.4, 0.5) is 0 Å². The molecule has 0 atom stereocenters. The predicted octanol–water partition coefficient (Wildman–Crippen LogP) is 1.72. The number of nitrogens with one attached hydrogen (secondary N) is 2. The van der Waals surface area contributed by atoms with Crippen LogP contribution >= 0.6 is 0 Å². The maximum Gasteiger partial charge on any atom is 0.255 e. The zero-order valence-corrected chi connectivity index (χ0v) is 12.2. The van der Waals surface area contributed by atoms with E-state index in [4.69, 9.17) is 4.52 Å². The fraction of sp³-hybridized carbons (Fsp3) is 0.250. The molecule has 2 heterocycles. The van der Waals surface area contributed by atoms with Gasteiger partial charge < -0.3 is 14.8 Å². The molecule has 0 bridgehead atoms. The topological polar surface area (TPSA) is 101 Å². The fourth-order valence-electron chi connectivity index (χ4n) is 2.49. The number of benzene rings is 1. The molecule has 116 valence electrons. The fourth-order valence-corrected chi connectivity index (χ4v) is 2.49. The normalized spacial score (nSPS) is 14.1. The highest BCUT2D eigenvalue weighted by Gasteiger charge is 2.29. The Morgan fingerprint density at radius 1 is 1.30 bits per heavy atom. The van der Waals surface area contributed by atoms with Gasteiger partial charge in [0.15, 0.2) is 5.82 Å². The lowest BCUT2D eigenvalue weighted by Gasteiger charge is -2.06. The van der Waals surface area contributed by atoms with E-state index < -0.39 is 0 Å². The minimum Gasteiger partial charge on any atom is -0.345 e. The van der Waals surface area contributed by atoms with Gasteiger partial charge in [0.05, 0.1) is 12.1 Å². The lowest BCUT2D eigenvalue weighted by Crippen LogP contribution is -2.25. The number of fused-ring (bicyclic) bond motifs is 1. The molecule has 0 spiro atoms. The van der Waals surface area contributed by atoms with Crippen LogP contribution in [0.3, 0.4) is 0 Å². The molecule has 1 aliphatic rings. The highest BCUT2D eigenvalue weighted by Crippen LogP contribution is 2.38. The largest absolute Gasteiger partial charge is 0.345 e. The lowest BCUT2D eigenvalue weighted by atomic mass is 10.1. The average Bonchev–Trinajstić information content (AvgIpc) is 3.32. The number of hydrogen-bond acceptors (Lipinski definition) is 5. The summed E-state index contributed by atoms with van der Waals surface area (Å²) in [6.45, 7) is 0.183. The van der Waals surface area contributed by atoms with Crippen molar-refractivity contribution in [1.29, 1.82) is 0 Å². The van der Waals surface area contributed by atoms with Crippen LogP contribution in [-0.2, 0) is 6.54 Å². The Bertz CT molecular complexity index is 940. The molecular formula is C16H14N4O3. The van der Waals surface area contributed by atoms with Crippen molar-refractivity contribution in [1.82, 2.24) is 20.4 Å². The summed E-state index contributed by atoms with van der Waals surface area (Å²) in [6.07, 6.45) is 3.58. The van der Waals surface area contributed by atoms with Crippen molar-refractivity contribution in [2.75, 3.05) is 0 Å². The van der Waals surface area contributed by atoms with Gasteiger partial charge in [0, 0.05) is 22.9 Å². The molecule has 7 nitrogen and oxygen atoms in total. The van der Waals surface area contributed by atoms with Crippen LogP contribution in [0.5, 0.6) is 0 Å². The smallest absolute Gasteiger partial charge is 0.255 e. The first kappa shape index (κ1) is 13.7. The molecule has 1 fully saturated rings. The number of aromatic nitrogens is 3. The minimum atomic E-state index is -0.296. The number of H-pyrrole nitrogens is 1. The molecule has 1 amide bonds. The minimum absolute atomic E-state index is 0.183. The summed E-state index contributed by atoms with van der Waals surface area (Å²) in [5.74, 6) is 1.18. The zero-order valence-electron chi connectivity index (χ0n) is 12.2. The van der Waals surface area contributed by atoms with E-state index in [1.165, 1.54) is 6.20 Å². The lowest BCUT2D eigenvalue weighted by molar-refractivity contribution is 0.0951. The van der Waals surface area contributed by atoms with Gasteiger partial charge in [-0.15, -0.1) is 0 Å². The number of carbonyl (C=O) groups excluding carboxylic acids is 1. The van der Waals surface area contributed by atoms with E-state index in [9.17, 15) is 9.59 Å². The van der Waals surface area contributed by atoms with Crippen LogP contribution in [0.1, 0.15) is 40.8 Å². The highest BCUT2D eigenvalue weighted by molar-refractivity contribution is 6.06. The molecule has 4 rings (SSSR count). The standard InChI is InChI=1S/C16H14N4O3/c21-14-11-4-2-1-3-10(11)12(7-17-14)15(22)18-8-13-19-16(23-20-13)9-5-6-9/h1-4,7,9H,5-6,8H2,(H,17,21)(H,18,22). The van der Waals surface area contributed by atoms with Gasteiger partial charge in [-0.1, -0.05) is 23.4 Å². The molecule has 0 aliphatic heterocycles. The SMILES string of the molecule is O=C(NCc1noc(C2CC2)n1)c1c[nH]c(=O)c2ccccc12. The van der Waals surface area contributed by atoms with Gasteiger partial charge in [-0.05, 0) is 18.9 Å². The average molecular weight is 310 g/mol. The van der Waals surface area contributed by atoms with Crippen molar-refractivity contribution >= 4 is 16.7 Å². The van der Waals surface area contributed by atoms with E-state index in [0.29, 0.717) is 34.0 Å². The van der Waals surface area contributed by atoms with Gasteiger partial charge >= 0.3 is 0 Å². The molecule has 0 saturated heterocycles. The van der Waals surface area contributed by atoms with Gasteiger partial charge in [0.2, 0.25) is 5.89 Å². The molecule has 3 aromatic rings. The Labute approximate surface area is 130 Å². The van der Waals surface area contributed by atoms with Crippen molar-refractivity contribution in [3.8, 4) is 0 Å². The van der Waals surface area contributed by atoms with Crippen molar-refractivity contribution in [2.24, 2.45) is 0 Å². The molecule has 1 aromatic carbocycles. The molecule has 1 saturated carbocycles. The first-order valence-corrected chi connectivity index (χ1v) is 7.43. The Hall–Kier alpha value is -2.96. The maximum absolute atomic E-state index is 12.4. The third-order valence-corrected chi connectivity index (χ3v) is 3.87. The quantitative estimate of drug-likeness (QED) is 0.764. The van der Waals surface area contributed by atoms with Gasteiger partial charge in [-0.3, -0.25) is 9.59 Å². The summed E-state index contributed by atoms with van der Waals surface area (Å²) in [5.41, 5.74) is 0.190. The van der Waals surface area contributed by atoms with E-state index in [1.54, 1.807) is 24.3 Å². The number of rotatable bonds is 4. The Morgan fingerprint density at radius 2 is 2.09 bits per heavy atom. The molecule has 7 heteroatoms. The Morgan fingerprint density at radius 3 is 2.87 bits per heavy atom. The summed E-state index contributed by atoms with van der Waals surface area (Å²) in [7, 11) is 0. The summed E-state index contributed by atoms with van der Waals surface area (Å²) in [5, 5.41) is 7.71. The van der Waals surface area contributed by atoms with Crippen LogP contribution in [0.15, 0.2) is 39.8 Å². The summed E-state index contributed by atoms with van der Waals surface area (Å²) in [6, 6.07) is 6.99. The van der Waals surface area contributed by atoms with Crippen molar-refractivity contribution < 1.29 is 9.32 Å². The number of aromatic amines is 1. The van der Waals surface area contributed by atoms with Crippen molar-refractivity contribution in [3.63, 3.8) is 0 Å². The molecule has 1 aliphatic carbocycles. The van der Waals surface area contributed by atoms with E-state index in [2.05, 4.69) is 20.4 Å². The second-order valence-electron chi connectivity index (χ2n) is 5.58. The van der Waals surface area contributed by atoms with Crippen LogP contribution in [0.25, 0.3) is 10.8 Å². The van der Waals surface area contributed by atoms with E-state index in [1.807, 2.05) is 0 Å².